The molecule has 0 amide bonds. The second-order valence-corrected chi connectivity index (χ2v) is 12.2. The number of phenolic OH excluding ortho intramolecular Hbond substituents is 2. The topological polar surface area (TPSA) is 155 Å². The molecule has 3 aliphatic rings. The van der Waals surface area contributed by atoms with Gasteiger partial charge in [-0.1, -0.05) is 6.07 Å². The summed E-state index contributed by atoms with van der Waals surface area (Å²) in [4.78, 5) is 30.2. The predicted octanol–water partition coefficient (Wildman–Crippen LogP) is 4.83. The first-order valence-electron chi connectivity index (χ1n) is 15.4. The van der Waals surface area contributed by atoms with Crippen molar-refractivity contribution in [2.24, 2.45) is 0 Å². The van der Waals surface area contributed by atoms with E-state index in [0.717, 1.165) is 5.56 Å². The fourth-order valence-corrected chi connectivity index (χ4v) is 6.58. The molecule has 5 N–H and O–H groups in total. The first-order chi connectivity index (χ1) is 23.7. The molecule has 5 aromatic rings. The maximum Gasteiger partial charge on any atom is 0.358 e. The summed E-state index contributed by atoms with van der Waals surface area (Å²) in [6, 6.07) is 21.7. The maximum absolute atomic E-state index is 13.4. The fourth-order valence-electron chi connectivity index (χ4n) is 6.36. The van der Waals surface area contributed by atoms with Crippen LogP contribution in [0.1, 0.15) is 38.8 Å². The smallest absolute Gasteiger partial charge is 0.358 e. The van der Waals surface area contributed by atoms with Gasteiger partial charge in [0.1, 0.15) is 53.4 Å². The van der Waals surface area contributed by atoms with Crippen molar-refractivity contribution >= 4 is 40.7 Å². The number of aromatic nitrogens is 2. The van der Waals surface area contributed by atoms with E-state index in [0.29, 0.717) is 75.0 Å². The number of benzene rings is 4. The number of hydrogen-bond donors (Lipinski definition) is 5. The number of carbonyl (C=O) groups excluding carboxylic acids is 2. The molecule has 0 saturated carbocycles. The van der Waals surface area contributed by atoms with Crippen LogP contribution in [0.25, 0.3) is 11.3 Å². The minimum absolute atomic E-state index is 0.0132. The number of rotatable bonds is 6. The van der Waals surface area contributed by atoms with Crippen LogP contribution < -0.4 is 30.0 Å². The highest BCUT2D eigenvalue weighted by Crippen LogP contribution is 2.57. The van der Waals surface area contributed by atoms with E-state index in [1.807, 2.05) is 31.2 Å². The normalized spacial score (nSPS) is 16.0. The molecule has 0 fully saturated rings. The molecular formula is C36H28N5O7S+. The largest absolute Gasteiger partial charge is 0.508 e. The minimum atomic E-state index is -1.34. The van der Waals surface area contributed by atoms with Gasteiger partial charge in [-0.15, -0.1) is 0 Å². The number of nitrogens with zero attached hydrogens (tertiary/aromatic N) is 2. The standard InChI is InChI=1S/C36H27N5O7S/c1-19-33(44)41-18-29(38-17-32(41)39-19)20-2-7-24(8-3-20)46-13-12-37-35(49)40-21-4-9-26-25(14-21)34(45)48-36(26)27-10-5-22(42)15-30(27)47-31-16-23(43)6-11-28(31)36/h2-11,14-19H,12-13H2,1H3,(H4,37,40,42,43,49)/p+1. The molecule has 0 bridgehead atoms. The highest BCUT2D eigenvalue weighted by molar-refractivity contribution is 7.80. The van der Waals surface area contributed by atoms with E-state index in [2.05, 4.69) is 20.9 Å². The van der Waals surface area contributed by atoms with Gasteiger partial charge in [0.25, 0.3) is 0 Å². The number of fused-ring (bicyclic) bond motifs is 7. The summed E-state index contributed by atoms with van der Waals surface area (Å²) in [5, 5.41) is 29.9. The molecule has 4 heterocycles. The van der Waals surface area contributed by atoms with Crippen LogP contribution in [-0.2, 0) is 10.3 Å². The van der Waals surface area contributed by atoms with Gasteiger partial charge in [0, 0.05) is 40.1 Å². The molecule has 1 spiro atoms. The van der Waals surface area contributed by atoms with E-state index >= 15 is 0 Å². The average Bonchev–Trinajstić information content (AvgIpc) is 3.54. The van der Waals surface area contributed by atoms with Crippen molar-refractivity contribution in [1.29, 1.82) is 0 Å². The van der Waals surface area contributed by atoms with Crippen molar-refractivity contribution in [1.82, 2.24) is 10.3 Å². The second kappa shape index (κ2) is 11.5. The van der Waals surface area contributed by atoms with E-state index in [-0.39, 0.29) is 23.4 Å². The van der Waals surface area contributed by atoms with Gasteiger partial charge in [-0.05, 0) is 79.8 Å². The molecule has 13 heteroatoms. The number of nitrogens with one attached hydrogen (secondary N) is 3. The minimum Gasteiger partial charge on any atom is -0.508 e. The van der Waals surface area contributed by atoms with Crippen LogP contribution >= 0.6 is 12.2 Å². The molecule has 1 atom stereocenters. The van der Waals surface area contributed by atoms with E-state index in [4.69, 9.17) is 26.4 Å². The Morgan fingerprint density at radius 2 is 1.67 bits per heavy atom. The van der Waals surface area contributed by atoms with Crippen molar-refractivity contribution in [2.45, 2.75) is 18.6 Å². The Morgan fingerprint density at radius 1 is 0.980 bits per heavy atom. The summed E-state index contributed by atoms with van der Waals surface area (Å²) in [5.41, 5.74) is 2.80. The molecule has 49 heavy (non-hydrogen) atoms. The van der Waals surface area contributed by atoms with Gasteiger partial charge in [-0.2, -0.15) is 4.57 Å². The zero-order valence-corrected chi connectivity index (χ0v) is 26.7. The Hall–Kier alpha value is -6.21. The zero-order valence-electron chi connectivity index (χ0n) is 25.9. The lowest BCUT2D eigenvalue weighted by molar-refractivity contribution is -0.552. The summed E-state index contributed by atoms with van der Waals surface area (Å²) in [6.07, 6.45) is 3.38. The van der Waals surface area contributed by atoms with Gasteiger partial charge >= 0.3 is 17.7 Å². The number of phenols is 2. The summed E-state index contributed by atoms with van der Waals surface area (Å²) < 4.78 is 19.6. The Balaban J connectivity index is 0.917. The van der Waals surface area contributed by atoms with E-state index in [1.165, 1.54) is 24.3 Å². The number of ether oxygens (including phenoxy) is 3. The van der Waals surface area contributed by atoms with Crippen molar-refractivity contribution < 1.29 is 38.6 Å². The number of aromatic hydroxyl groups is 2. The number of esters is 1. The summed E-state index contributed by atoms with van der Waals surface area (Å²) in [6.45, 7) is 2.55. The number of anilines is 2. The molecule has 4 aromatic carbocycles. The van der Waals surface area contributed by atoms with Gasteiger partial charge in [0.2, 0.25) is 0 Å². The van der Waals surface area contributed by atoms with Crippen molar-refractivity contribution in [3.05, 3.63) is 114 Å². The monoisotopic (exact) mass is 674 g/mol. The molecule has 0 aliphatic carbocycles. The van der Waals surface area contributed by atoms with Crippen LogP contribution in [0.15, 0.2) is 91.3 Å². The first kappa shape index (κ1) is 30.1. The maximum atomic E-state index is 13.4. The predicted molar refractivity (Wildman–Crippen MR) is 181 cm³/mol. The molecule has 244 valence electrons. The molecular weight excluding hydrogens is 646 g/mol. The van der Waals surface area contributed by atoms with Crippen LogP contribution in [0.3, 0.4) is 0 Å². The Morgan fingerprint density at radius 3 is 2.39 bits per heavy atom. The van der Waals surface area contributed by atoms with E-state index in [1.54, 1.807) is 47.3 Å². The van der Waals surface area contributed by atoms with Gasteiger partial charge in [0.15, 0.2) is 16.8 Å². The highest BCUT2D eigenvalue weighted by Gasteiger charge is 2.53. The third-order valence-electron chi connectivity index (χ3n) is 8.65. The lowest BCUT2D eigenvalue weighted by atomic mass is 9.77. The number of carbonyl (C=O) groups is 2. The van der Waals surface area contributed by atoms with Gasteiger partial charge in [-0.3, -0.25) is 5.32 Å². The molecule has 12 nitrogen and oxygen atoms in total. The van der Waals surface area contributed by atoms with E-state index < -0.39 is 11.6 Å². The Kier molecular flexibility index (Phi) is 7.07. The van der Waals surface area contributed by atoms with Gasteiger partial charge < -0.3 is 35.1 Å². The quantitative estimate of drug-likeness (QED) is 0.0725. The molecule has 1 unspecified atom stereocenters. The lowest BCUT2D eigenvalue weighted by Gasteiger charge is -2.36. The van der Waals surface area contributed by atoms with Crippen LogP contribution in [0.5, 0.6) is 28.7 Å². The third kappa shape index (κ3) is 5.11. The lowest BCUT2D eigenvalue weighted by Crippen LogP contribution is -2.42. The average molecular weight is 675 g/mol. The molecule has 8 rings (SSSR count). The molecule has 0 saturated heterocycles. The molecule has 1 aromatic heterocycles. The van der Waals surface area contributed by atoms with E-state index in [9.17, 15) is 19.8 Å². The second-order valence-electron chi connectivity index (χ2n) is 11.8. The first-order valence-corrected chi connectivity index (χ1v) is 15.8. The summed E-state index contributed by atoms with van der Waals surface area (Å²) in [7, 11) is 0. The Labute approximate surface area is 284 Å². The van der Waals surface area contributed by atoms with Gasteiger partial charge in [0.05, 0.1) is 12.1 Å². The van der Waals surface area contributed by atoms with Crippen molar-refractivity contribution in [3.8, 4) is 40.0 Å². The molecule has 3 aliphatic heterocycles. The fraction of sp³-hybridized carbons (Fsp3) is 0.139. The van der Waals surface area contributed by atoms with Crippen LogP contribution in [-0.4, -0.2) is 51.4 Å². The van der Waals surface area contributed by atoms with Crippen LogP contribution in [0, 0.1) is 0 Å². The Bertz CT molecular complexity index is 2160. The third-order valence-corrected chi connectivity index (χ3v) is 8.89. The van der Waals surface area contributed by atoms with Gasteiger partial charge in [-0.25, -0.2) is 14.6 Å². The van der Waals surface area contributed by atoms with Crippen molar-refractivity contribution in [2.75, 3.05) is 23.8 Å². The number of hydrogen-bond acceptors (Lipinski definition) is 10. The molecule has 0 radical (unpaired) electrons. The SMILES string of the molecule is CC1Nc2cnc(-c3ccc(OCCNC(=S)Nc4ccc5c(c4)C(=O)OC54c5ccc(O)cc5Oc5cc(O)ccc54)cc3)c[n+]2C1=O. The van der Waals surface area contributed by atoms with Crippen LogP contribution in [0.4, 0.5) is 11.5 Å². The summed E-state index contributed by atoms with van der Waals surface area (Å²) in [5.74, 6) is 1.37. The number of thiocarbonyl (C=S) groups is 1. The summed E-state index contributed by atoms with van der Waals surface area (Å²) >= 11 is 5.50. The van der Waals surface area contributed by atoms with Crippen molar-refractivity contribution in [3.63, 3.8) is 0 Å². The van der Waals surface area contributed by atoms with Crippen LogP contribution in [0.2, 0.25) is 0 Å². The highest BCUT2D eigenvalue weighted by atomic mass is 32.1. The zero-order chi connectivity index (χ0) is 33.9.